The first-order valence-corrected chi connectivity index (χ1v) is 7.49. The van der Waals surface area contributed by atoms with Crippen molar-refractivity contribution in [2.45, 2.75) is 13.5 Å². The second-order valence-electron chi connectivity index (χ2n) is 5.12. The summed E-state index contributed by atoms with van der Waals surface area (Å²) in [6.45, 7) is 2.66. The fourth-order valence-electron chi connectivity index (χ4n) is 2.22. The van der Waals surface area contributed by atoms with E-state index < -0.39 is 0 Å². The van der Waals surface area contributed by atoms with Gasteiger partial charge in [-0.15, -0.1) is 0 Å². The second-order valence-corrected chi connectivity index (χ2v) is 5.55. The van der Waals surface area contributed by atoms with E-state index in [9.17, 15) is 4.79 Å². The van der Waals surface area contributed by atoms with Crippen LogP contribution in [0.5, 0.6) is 0 Å². The highest BCUT2D eigenvalue weighted by Crippen LogP contribution is 2.14. The van der Waals surface area contributed by atoms with Crippen LogP contribution in [0.4, 0.5) is 5.69 Å². The fraction of sp³-hybridized carbons (Fsp3) is 0.118. The van der Waals surface area contributed by atoms with Crippen molar-refractivity contribution in [1.29, 1.82) is 0 Å². The highest BCUT2D eigenvalue weighted by atomic mass is 35.5. The zero-order valence-corrected chi connectivity index (χ0v) is 13.3. The molecule has 0 radical (unpaired) electrons. The molecule has 0 aliphatic rings. The molecule has 0 bridgehead atoms. The summed E-state index contributed by atoms with van der Waals surface area (Å²) in [6, 6.07) is 10.9. The first kappa shape index (κ1) is 15.2. The van der Waals surface area contributed by atoms with E-state index >= 15 is 0 Å². The van der Waals surface area contributed by atoms with Crippen LogP contribution in [0.2, 0.25) is 5.02 Å². The van der Waals surface area contributed by atoms with Crippen molar-refractivity contribution < 1.29 is 4.79 Å². The molecule has 0 spiro atoms. The van der Waals surface area contributed by atoms with Gasteiger partial charge in [0.1, 0.15) is 11.5 Å². The minimum atomic E-state index is -0.266. The molecule has 0 fully saturated rings. The van der Waals surface area contributed by atoms with Gasteiger partial charge in [0.15, 0.2) is 0 Å². The topological polar surface area (TPSA) is 59.8 Å². The molecular weight excluding hydrogens is 312 g/mol. The van der Waals surface area contributed by atoms with E-state index in [1.54, 1.807) is 18.3 Å². The SMILES string of the molecule is Cc1nccn1Cc1cccc(NC(=O)c2ccc(Cl)cn2)c1. The lowest BCUT2D eigenvalue weighted by Gasteiger charge is -2.09. The van der Waals surface area contributed by atoms with Crippen LogP contribution in [0.3, 0.4) is 0 Å². The van der Waals surface area contributed by atoms with Crippen LogP contribution in [-0.2, 0) is 6.54 Å². The van der Waals surface area contributed by atoms with Gasteiger partial charge in [-0.3, -0.25) is 4.79 Å². The van der Waals surface area contributed by atoms with Crippen LogP contribution in [0.1, 0.15) is 21.9 Å². The Morgan fingerprint density at radius 3 is 2.83 bits per heavy atom. The Morgan fingerprint density at radius 2 is 2.13 bits per heavy atom. The van der Waals surface area contributed by atoms with Crippen LogP contribution in [0.15, 0.2) is 55.0 Å². The maximum Gasteiger partial charge on any atom is 0.274 e. The average molecular weight is 327 g/mol. The highest BCUT2D eigenvalue weighted by Gasteiger charge is 2.08. The fourth-order valence-corrected chi connectivity index (χ4v) is 2.33. The van der Waals surface area contributed by atoms with E-state index in [0.717, 1.165) is 17.1 Å². The number of benzene rings is 1. The van der Waals surface area contributed by atoms with Crippen LogP contribution < -0.4 is 5.32 Å². The van der Waals surface area contributed by atoms with Gasteiger partial charge in [-0.05, 0) is 36.8 Å². The van der Waals surface area contributed by atoms with E-state index in [-0.39, 0.29) is 5.91 Å². The van der Waals surface area contributed by atoms with Crippen molar-refractivity contribution in [2.24, 2.45) is 0 Å². The van der Waals surface area contributed by atoms with Gasteiger partial charge in [-0.1, -0.05) is 23.7 Å². The molecule has 0 atom stereocenters. The Morgan fingerprint density at radius 1 is 1.26 bits per heavy atom. The molecule has 1 aromatic carbocycles. The van der Waals surface area contributed by atoms with Crippen LogP contribution in [0, 0.1) is 6.92 Å². The predicted molar refractivity (Wildman–Crippen MR) is 89.7 cm³/mol. The van der Waals surface area contributed by atoms with Gasteiger partial charge in [0, 0.05) is 30.8 Å². The largest absolute Gasteiger partial charge is 0.331 e. The third-order valence-electron chi connectivity index (χ3n) is 3.42. The van der Waals surface area contributed by atoms with E-state index in [0.29, 0.717) is 17.3 Å². The van der Waals surface area contributed by atoms with Gasteiger partial charge in [-0.2, -0.15) is 0 Å². The summed E-state index contributed by atoms with van der Waals surface area (Å²) in [7, 11) is 0. The Hall–Kier alpha value is -2.66. The maximum atomic E-state index is 12.2. The number of nitrogens with zero attached hydrogens (tertiary/aromatic N) is 3. The van der Waals surface area contributed by atoms with E-state index in [4.69, 9.17) is 11.6 Å². The third kappa shape index (κ3) is 3.76. The third-order valence-corrected chi connectivity index (χ3v) is 3.65. The normalized spacial score (nSPS) is 10.5. The Kier molecular flexibility index (Phi) is 4.39. The van der Waals surface area contributed by atoms with Crippen molar-refractivity contribution in [2.75, 3.05) is 5.32 Å². The molecule has 0 unspecified atom stereocenters. The number of pyridine rings is 1. The smallest absolute Gasteiger partial charge is 0.274 e. The van der Waals surface area contributed by atoms with Gasteiger partial charge in [0.05, 0.1) is 5.02 Å². The zero-order chi connectivity index (χ0) is 16.2. The van der Waals surface area contributed by atoms with Crippen LogP contribution in [-0.4, -0.2) is 20.4 Å². The summed E-state index contributed by atoms with van der Waals surface area (Å²) < 4.78 is 2.04. The molecule has 6 heteroatoms. The number of halogens is 1. The van der Waals surface area contributed by atoms with Gasteiger partial charge in [0.25, 0.3) is 5.91 Å². The number of amides is 1. The Labute approximate surface area is 139 Å². The van der Waals surface area contributed by atoms with Gasteiger partial charge >= 0.3 is 0 Å². The molecule has 1 N–H and O–H groups in total. The van der Waals surface area contributed by atoms with E-state index in [2.05, 4.69) is 15.3 Å². The Bertz CT molecular complexity index is 827. The number of hydrogen-bond acceptors (Lipinski definition) is 3. The molecule has 2 aromatic heterocycles. The first-order valence-electron chi connectivity index (χ1n) is 7.11. The van der Waals surface area contributed by atoms with Crippen molar-refractivity contribution in [1.82, 2.24) is 14.5 Å². The summed E-state index contributed by atoms with van der Waals surface area (Å²) in [6.07, 6.45) is 5.15. The molecule has 5 nitrogen and oxygen atoms in total. The number of carbonyl (C=O) groups is 1. The summed E-state index contributed by atoms with van der Waals surface area (Å²) in [5, 5.41) is 3.34. The summed E-state index contributed by atoms with van der Waals surface area (Å²) in [4.78, 5) is 20.4. The number of imidazole rings is 1. The summed E-state index contributed by atoms with van der Waals surface area (Å²) in [5.41, 5.74) is 2.13. The minimum absolute atomic E-state index is 0.266. The van der Waals surface area contributed by atoms with Gasteiger partial charge in [0.2, 0.25) is 0 Å². The van der Waals surface area contributed by atoms with E-state index in [1.807, 2.05) is 42.0 Å². The molecule has 0 aliphatic heterocycles. The standard InChI is InChI=1S/C17H15ClN4O/c1-12-19-7-8-22(12)11-13-3-2-4-15(9-13)21-17(23)16-6-5-14(18)10-20-16/h2-10H,11H2,1H3,(H,21,23). The highest BCUT2D eigenvalue weighted by molar-refractivity contribution is 6.30. The molecule has 116 valence electrons. The molecular formula is C17H15ClN4O. The molecule has 0 saturated carbocycles. The van der Waals surface area contributed by atoms with Crippen molar-refractivity contribution in [3.8, 4) is 0 Å². The molecule has 0 aliphatic carbocycles. The second kappa shape index (κ2) is 6.62. The summed E-state index contributed by atoms with van der Waals surface area (Å²) >= 11 is 5.78. The van der Waals surface area contributed by atoms with E-state index in [1.165, 1.54) is 6.20 Å². The number of hydrogen-bond donors (Lipinski definition) is 1. The van der Waals surface area contributed by atoms with Gasteiger partial charge in [-0.25, -0.2) is 9.97 Å². The monoisotopic (exact) mass is 326 g/mol. The van der Waals surface area contributed by atoms with Crippen LogP contribution >= 0.6 is 11.6 Å². The quantitative estimate of drug-likeness (QED) is 0.797. The van der Waals surface area contributed by atoms with Gasteiger partial charge < -0.3 is 9.88 Å². The van der Waals surface area contributed by atoms with Crippen molar-refractivity contribution in [3.63, 3.8) is 0 Å². The zero-order valence-electron chi connectivity index (χ0n) is 12.5. The summed E-state index contributed by atoms with van der Waals surface area (Å²) in [5.74, 6) is 0.683. The lowest BCUT2D eigenvalue weighted by atomic mass is 10.2. The number of aromatic nitrogens is 3. The number of anilines is 1. The number of aryl methyl sites for hydroxylation is 1. The maximum absolute atomic E-state index is 12.2. The van der Waals surface area contributed by atoms with Crippen LogP contribution in [0.25, 0.3) is 0 Å². The number of rotatable bonds is 4. The molecule has 2 heterocycles. The number of carbonyl (C=O) groups excluding carboxylic acids is 1. The lowest BCUT2D eigenvalue weighted by molar-refractivity contribution is 0.102. The first-order chi connectivity index (χ1) is 11.1. The average Bonchev–Trinajstić information content (AvgIpc) is 2.93. The molecule has 3 rings (SSSR count). The number of nitrogens with one attached hydrogen (secondary N) is 1. The van der Waals surface area contributed by atoms with Crippen molar-refractivity contribution >= 4 is 23.2 Å². The predicted octanol–water partition coefficient (Wildman–Crippen LogP) is 3.54. The Balaban J connectivity index is 1.73. The molecule has 1 amide bonds. The molecule has 23 heavy (non-hydrogen) atoms. The van der Waals surface area contributed by atoms with Crippen molar-refractivity contribution in [3.05, 3.63) is 77.1 Å². The lowest BCUT2D eigenvalue weighted by Crippen LogP contribution is -2.13. The minimum Gasteiger partial charge on any atom is -0.331 e. The molecule has 0 saturated heterocycles. The molecule has 3 aromatic rings.